The van der Waals surface area contributed by atoms with Crippen molar-refractivity contribution in [1.82, 2.24) is 4.98 Å². The first-order valence-electron chi connectivity index (χ1n) is 7.47. The standard InChI is InChI=1S/C16H26N2O3/c1-11(2)10-21-7-5-6-17-15-9-13(16(19)20)8-14(18-15)12(3)4/h8-9,11-12H,5-7,10H2,1-4H3,(H,17,18)(H,19,20). The molecule has 5 heteroatoms. The fourth-order valence-corrected chi connectivity index (χ4v) is 1.77. The zero-order valence-electron chi connectivity index (χ0n) is 13.3. The van der Waals surface area contributed by atoms with Gasteiger partial charge in [0.1, 0.15) is 5.82 Å². The van der Waals surface area contributed by atoms with Gasteiger partial charge in [0.25, 0.3) is 0 Å². The Morgan fingerprint density at radius 3 is 2.62 bits per heavy atom. The highest BCUT2D eigenvalue weighted by Crippen LogP contribution is 2.17. The van der Waals surface area contributed by atoms with Crippen LogP contribution in [0.4, 0.5) is 5.82 Å². The van der Waals surface area contributed by atoms with E-state index < -0.39 is 5.97 Å². The van der Waals surface area contributed by atoms with Crippen molar-refractivity contribution >= 4 is 11.8 Å². The van der Waals surface area contributed by atoms with Gasteiger partial charge in [0.05, 0.1) is 5.56 Å². The Hall–Kier alpha value is -1.62. The van der Waals surface area contributed by atoms with Crippen LogP contribution in [0.25, 0.3) is 0 Å². The number of hydrogen-bond donors (Lipinski definition) is 2. The summed E-state index contributed by atoms with van der Waals surface area (Å²) in [5.74, 6) is 0.421. The van der Waals surface area contributed by atoms with Crippen LogP contribution in [0.15, 0.2) is 12.1 Å². The number of carbonyl (C=O) groups is 1. The van der Waals surface area contributed by atoms with E-state index in [4.69, 9.17) is 9.84 Å². The zero-order valence-corrected chi connectivity index (χ0v) is 13.3. The fraction of sp³-hybridized carbons (Fsp3) is 0.625. The van der Waals surface area contributed by atoms with Crippen molar-refractivity contribution in [2.24, 2.45) is 5.92 Å². The van der Waals surface area contributed by atoms with Gasteiger partial charge in [0.15, 0.2) is 0 Å². The van der Waals surface area contributed by atoms with Crippen LogP contribution in [-0.2, 0) is 4.74 Å². The minimum atomic E-state index is -0.928. The van der Waals surface area contributed by atoms with Gasteiger partial charge in [0.2, 0.25) is 0 Å². The van der Waals surface area contributed by atoms with Gasteiger partial charge in [-0.25, -0.2) is 9.78 Å². The molecule has 0 aliphatic rings. The molecule has 1 aromatic rings. The number of ether oxygens (including phenoxy) is 1. The fourth-order valence-electron chi connectivity index (χ4n) is 1.77. The third kappa shape index (κ3) is 6.58. The van der Waals surface area contributed by atoms with Gasteiger partial charge in [-0.05, 0) is 30.4 Å². The lowest BCUT2D eigenvalue weighted by atomic mass is 10.1. The maximum absolute atomic E-state index is 11.1. The van der Waals surface area contributed by atoms with E-state index in [0.717, 1.165) is 18.7 Å². The molecular formula is C16H26N2O3. The van der Waals surface area contributed by atoms with E-state index in [0.29, 0.717) is 24.9 Å². The van der Waals surface area contributed by atoms with Crippen molar-refractivity contribution in [3.05, 3.63) is 23.4 Å². The lowest BCUT2D eigenvalue weighted by Crippen LogP contribution is -2.11. The molecule has 0 atom stereocenters. The molecule has 118 valence electrons. The van der Waals surface area contributed by atoms with Crippen LogP contribution in [0.2, 0.25) is 0 Å². The predicted molar refractivity (Wildman–Crippen MR) is 84.0 cm³/mol. The molecule has 0 fully saturated rings. The average molecular weight is 294 g/mol. The summed E-state index contributed by atoms with van der Waals surface area (Å²) in [5, 5.41) is 12.3. The number of aromatic nitrogens is 1. The van der Waals surface area contributed by atoms with E-state index in [1.54, 1.807) is 12.1 Å². The summed E-state index contributed by atoms with van der Waals surface area (Å²) in [6.45, 7) is 10.4. The molecule has 0 amide bonds. The first kappa shape index (κ1) is 17.4. The summed E-state index contributed by atoms with van der Waals surface area (Å²) in [4.78, 5) is 15.6. The van der Waals surface area contributed by atoms with Crippen molar-refractivity contribution in [2.75, 3.05) is 25.1 Å². The maximum Gasteiger partial charge on any atom is 0.335 e. The van der Waals surface area contributed by atoms with Crippen molar-refractivity contribution in [3.63, 3.8) is 0 Å². The smallest absolute Gasteiger partial charge is 0.335 e. The van der Waals surface area contributed by atoms with Crippen molar-refractivity contribution in [3.8, 4) is 0 Å². The first-order valence-corrected chi connectivity index (χ1v) is 7.47. The van der Waals surface area contributed by atoms with Crippen LogP contribution in [0.5, 0.6) is 0 Å². The molecule has 0 radical (unpaired) electrons. The van der Waals surface area contributed by atoms with Gasteiger partial charge in [-0.3, -0.25) is 0 Å². The second-order valence-corrected chi connectivity index (χ2v) is 5.87. The molecule has 0 aliphatic carbocycles. The quantitative estimate of drug-likeness (QED) is 0.683. The Morgan fingerprint density at radius 2 is 2.05 bits per heavy atom. The van der Waals surface area contributed by atoms with Crippen LogP contribution in [-0.4, -0.2) is 35.8 Å². The van der Waals surface area contributed by atoms with E-state index in [1.165, 1.54) is 0 Å². The van der Waals surface area contributed by atoms with Crippen LogP contribution >= 0.6 is 0 Å². The number of nitrogens with one attached hydrogen (secondary N) is 1. The summed E-state index contributed by atoms with van der Waals surface area (Å²) in [7, 11) is 0. The van der Waals surface area contributed by atoms with Gasteiger partial charge >= 0.3 is 5.97 Å². The Kier molecular flexibility index (Phi) is 7.15. The molecule has 0 saturated heterocycles. The van der Waals surface area contributed by atoms with E-state index in [1.807, 2.05) is 13.8 Å². The van der Waals surface area contributed by atoms with Crippen molar-refractivity contribution < 1.29 is 14.6 Å². The molecule has 1 aromatic heterocycles. The summed E-state index contributed by atoms with van der Waals surface area (Å²) >= 11 is 0. The third-order valence-electron chi connectivity index (χ3n) is 2.91. The molecular weight excluding hydrogens is 268 g/mol. The van der Waals surface area contributed by atoms with Crippen LogP contribution in [0.3, 0.4) is 0 Å². The second-order valence-electron chi connectivity index (χ2n) is 5.87. The van der Waals surface area contributed by atoms with E-state index in [2.05, 4.69) is 24.1 Å². The number of anilines is 1. The lowest BCUT2D eigenvalue weighted by molar-refractivity contribution is 0.0696. The Labute approximate surface area is 126 Å². The molecule has 0 aliphatic heterocycles. The van der Waals surface area contributed by atoms with Crippen LogP contribution in [0, 0.1) is 5.92 Å². The Balaban J connectivity index is 2.52. The molecule has 1 rings (SSSR count). The molecule has 0 spiro atoms. The van der Waals surface area contributed by atoms with Crippen LogP contribution in [0.1, 0.15) is 56.1 Å². The normalized spacial score (nSPS) is 11.1. The monoisotopic (exact) mass is 294 g/mol. The summed E-state index contributed by atoms with van der Waals surface area (Å²) in [6, 6.07) is 3.20. The minimum absolute atomic E-state index is 0.194. The van der Waals surface area contributed by atoms with Crippen LogP contribution < -0.4 is 5.32 Å². The van der Waals surface area contributed by atoms with Gasteiger partial charge < -0.3 is 15.2 Å². The molecule has 0 aromatic carbocycles. The van der Waals surface area contributed by atoms with E-state index in [-0.39, 0.29) is 11.5 Å². The van der Waals surface area contributed by atoms with Gasteiger partial charge in [-0.2, -0.15) is 0 Å². The zero-order chi connectivity index (χ0) is 15.8. The molecule has 5 nitrogen and oxygen atoms in total. The number of carboxylic acid groups (broad SMARTS) is 1. The highest BCUT2D eigenvalue weighted by molar-refractivity contribution is 5.88. The van der Waals surface area contributed by atoms with E-state index in [9.17, 15) is 4.79 Å². The minimum Gasteiger partial charge on any atom is -0.478 e. The number of rotatable bonds is 9. The molecule has 2 N–H and O–H groups in total. The molecule has 1 heterocycles. The first-order chi connectivity index (χ1) is 9.90. The SMILES string of the molecule is CC(C)COCCCNc1cc(C(=O)O)cc(C(C)C)n1. The largest absolute Gasteiger partial charge is 0.478 e. The number of hydrogen-bond acceptors (Lipinski definition) is 4. The molecule has 0 bridgehead atoms. The topological polar surface area (TPSA) is 71.5 Å². The molecule has 21 heavy (non-hydrogen) atoms. The van der Waals surface area contributed by atoms with Gasteiger partial charge in [0, 0.05) is 25.5 Å². The van der Waals surface area contributed by atoms with Gasteiger partial charge in [-0.1, -0.05) is 27.7 Å². The summed E-state index contributed by atoms with van der Waals surface area (Å²) in [5.41, 5.74) is 1.06. The number of pyridine rings is 1. The van der Waals surface area contributed by atoms with Crippen molar-refractivity contribution in [2.45, 2.75) is 40.0 Å². The van der Waals surface area contributed by atoms with Gasteiger partial charge in [-0.15, -0.1) is 0 Å². The molecule has 0 saturated carbocycles. The number of nitrogens with zero attached hydrogens (tertiary/aromatic N) is 1. The molecule has 0 unspecified atom stereocenters. The van der Waals surface area contributed by atoms with Crippen molar-refractivity contribution in [1.29, 1.82) is 0 Å². The van der Waals surface area contributed by atoms with E-state index >= 15 is 0 Å². The Morgan fingerprint density at radius 1 is 1.33 bits per heavy atom. The predicted octanol–water partition coefficient (Wildman–Crippen LogP) is 3.38. The summed E-state index contributed by atoms with van der Waals surface area (Å²) < 4.78 is 5.50. The second kappa shape index (κ2) is 8.62. The third-order valence-corrected chi connectivity index (χ3v) is 2.91. The maximum atomic E-state index is 11.1. The average Bonchev–Trinajstić information content (AvgIpc) is 2.41. The number of aromatic carboxylic acids is 1. The highest BCUT2D eigenvalue weighted by atomic mass is 16.5. The highest BCUT2D eigenvalue weighted by Gasteiger charge is 2.10. The lowest BCUT2D eigenvalue weighted by Gasteiger charge is -2.11. The summed E-state index contributed by atoms with van der Waals surface area (Å²) in [6.07, 6.45) is 0.864. The number of carboxylic acids is 1. The Bertz CT molecular complexity index is 459.